The second-order valence-corrected chi connectivity index (χ2v) is 6.39. The summed E-state index contributed by atoms with van der Waals surface area (Å²) in [5.41, 5.74) is 2.52. The number of Topliss-reactive ketones (excluding diaryl/α,β-unsaturated/α-hetero) is 1. The molecular weight excluding hydrogens is 350 g/mol. The number of amides is 1. The maximum absolute atomic E-state index is 12.9. The lowest BCUT2D eigenvalue weighted by Crippen LogP contribution is -2.34. The van der Waals surface area contributed by atoms with Crippen LogP contribution in [0.4, 0.5) is 5.69 Å². The highest BCUT2D eigenvalue weighted by Crippen LogP contribution is 2.18. The Kier molecular flexibility index (Phi) is 6.58. The number of carbonyl (C=O) groups is 2. The first-order valence-electron chi connectivity index (χ1n) is 9.32. The Morgan fingerprint density at radius 3 is 2.04 bits per heavy atom. The van der Waals surface area contributed by atoms with Gasteiger partial charge in [0.25, 0.3) is 5.91 Å². The number of para-hydroxylation sites is 1. The van der Waals surface area contributed by atoms with E-state index in [4.69, 9.17) is 4.74 Å². The SMILES string of the molecule is CCC(=O)c1ccc(OCC(=O)N(Cc2ccccc2)c2ccccc2)cc1. The number of hydrogen-bond acceptors (Lipinski definition) is 3. The minimum atomic E-state index is -0.135. The Hall–Kier alpha value is -3.40. The average molecular weight is 373 g/mol. The highest BCUT2D eigenvalue weighted by molar-refractivity contribution is 5.96. The van der Waals surface area contributed by atoms with E-state index in [9.17, 15) is 9.59 Å². The minimum Gasteiger partial charge on any atom is -0.484 e. The summed E-state index contributed by atoms with van der Waals surface area (Å²) >= 11 is 0. The molecule has 28 heavy (non-hydrogen) atoms. The van der Waals surface area contributed by atoms with Crippen LogP contribution in [0, 0.1) is 0 Å². The molecule has 0 spiro atoms. The molecule has 0 aliphatic rings. The van der Waals surface area contributed by atoms with Gasteiger partial charge >= 0.3 is 0 Å². The molecule has 0 unspecified atom stereocenters. The fraction of sp³-hybridized carbons (Fsp3) is 0.167. The second-order valence-electron chi connectivity index (χ2n) is 6.39. The van der Waals surface area contributed by atoms with E-state index in [0.29, 0.717) is 24.3 Å². The van der Waals surface area contributed by atoms with Gasteiger partial charge in [0.2, 0.25) is 0 Å². The van der Waals surface area contributed by atoms with Gasteiger partial charge in [-0.1, -0.05) is 55.5 Å². The molecule has 4 heteroatoms. The number of hydrogen-bond donors (Lipinski definition) is 0. The number of anilines is 1. The zero-order valence-corrected chi connectivity index (χ0v) is 15.9. The molecule has 0 radical (unpaired) electrons. The summed E-state index contributed by atoms with van der Waals surface area (Å²) in [6, 6.07) is 26.3. The van der Waals surface area contributed by atoms with E-state index >= 15 is 0 Å². The van der Waals surface area contributed by atoms with Crippen LogP contribution in [0.3, 0.4) is 0 Å². The third-order valence-electron chi connectivity index (χ3n) is 4.41. The van der Waals surface area contributed by atoms with Crippen LogP contribution < -0.4 is 9.64 Å². The summed E-state index contributed by atoms with van der Waals surface area (Å²) in [4.78, 5) is 26.3. The standard InChI is InChI=1S/C24H23NO3/c1-2-23(26)20-13-15-22(16-14-20)28-18-24(27)25(21-11-7-4-8-12-21)17-19-9-5-3-6-10-19/h3-16H,2,17-18H2,1H3. The topological polar surface area (TPSA) is 46.6 Å². The molecule has 0 saturated carbocycles. The number of ketones is 1. The molecule has 1 amide bonds. The zero-order chi connectivity index (χ0) is 19.8. The van der Waals surface area contributed by atoms with Crippen molar-refractivity contribution in [2.45, 2.75) is 19.9 Å². The summed E-state index contributed by atoms with van der Waals surface area (Å²) in [5, 5.41) is 0. The van der Waals surface area contributed by atoms with Crippen LogP contribution >= 0.6 is 0 Å². The average Bonchev–Trinajstić information content (AvgIpc) is 2.77. The number of benzene rings is 3. The van der Waals surface area contributed by atoms with E-state index in [1.807, 2.05) is 67.6 Å². The van der Waals surface area contributed by atoms with Crippen molar-refractivity contribution in [3.63, 3.8) is 0 Å². The Morgan fingerprint density at radius 2 is 1.43 bits per heavy atom. The van der Waals surface area contributed by atoms with Crippen LogP contribution in [-0.4, -0.2) is 18.3 Å². The maximum atomic E-state index is 12.9. The van der Waals surface area contributed by atoms with Crippen molar-refractivity contribution < 1.29 is 14.3 Å². The fourth-order valence-electron chi connectivity index (χ4n) is 2.86. The van der Waals surface area contributed by atoms with Crippen molar-refractivity contribution in [3.05, 3.63) is 96.1 Å². The van der Waals surface area contributed by atoms with E-state index in [-0.39, 0.29) is 18.3 Å². The smallest absolute Gasteiger partial charge is 0.265 e. The molecule has 0 bridgehead atoms. The molecule has 0 saturated heterocycles. The zero-order valence-electron chi connectivity index (χ0n) is 15.9. The van der Waals surface area contributed by atoms with Crippen molar-refractivity contribution in [2.75, 3.05) is 11.5 Å². The molecule has 3 aromatic carbocycles. The molecule has 0 aliphatic carbocycles. The molecule has 0 heterocycles. The summed E-state index contributed by atoms with van der Waals surface area (Å²) in [6.45, 7) is 2.22. The predicted octanol–water partition coefficient (Wildman–Crippen LogP) is 4.89. The Morgan fingerprint density at radius 1 is 0.821 bits per heavy atom. The van der Waals surface area contributed by atoms with Crippen LogP contribution in [0.25, 0.3) is 0 Å². The van der Waals surface area contributed by atoms with Crippen molar-refractivity contribution in [1.29, 1.82) is 0 Å². The third kappa shape index (κ3) is 5.07. The highest BCUT2D eigenvalue weighted by Gasteiger charge is 2.17. The van der Waals surface area contributed by atoms with Crippen molar-refractivity contribution >= 4 is 17.4 Å². The van der Waals surface area contributed by atoms with E-state index in [0.717, 1.165) is 11.3 Å². The van der Waals surface area contributed by atoms with Crippen molar-refractivity contribution in [3.8, 4) is 5.75 Å². The van der Waals surface area contributed by atoms with Gasteiger partial charge in [-0.2, -0.15) is 0 Å². The van der Waals surface area contributed by atoms with Gasteiger partial charge in [-0.25, -0.2) is 0 Å². The summed E-state index contributed by atoms with van der Waals surface area (Å²) in [5.74, 6) is 0.512. The van der Waals surface area contributed by atoms with Gasteiger partial charge in [0.05, 0.1) is 6.54 Å². The van der Waals surface area contributed by atoms with E-state index < -0.39 is 0 Å². The van der Waals surface area contributed by atoms with E-state index in [1.165, 1.54) is 0 Å². The lowest BCUT2D eigenvalue weighted by molar-refractivity contribution is -0.120. The normalized spacial score (nSPS) is 10.3. The van der Waals surface area contributed by atoms with Gasteiger partial charge < -0.3 is 9.64 Å². The summed E-state index contributed by atoms with van der Waals surface area (Å²) in [6.07, 6.45) is 0.463. The number of ether oxygens (including phenoxy) is 1. The van der Waals surface area contributed by atoms with E-state index in [1.54, 1.807) is 29.2 Å². The molecular formula is C24H23NO3. The molecule has 3 rings (SSSR count). The first-order chi connectivity index (χ1) is 13.7. The Balaban J connectivity index is 1.70. The minimum absolute atomic E-state index is 0.0806. The molecule has 0 aliphatic heterocycles. The third-order valence-corrected chi connectivity index (χ3v) is 4.41. The highest BCUT2D eigenvalue weighted by atomic mass is 16.5. The van der Waals surface area contributed by atoms with Crippen molar-refractivity contribution in [1.82, 2.24) is 0 Å². The molecule has 0 atom stereocenters. The predicted molar refractivity (Wildman–Crippen MR) is 111 cm³/mol. The van der Waals surface area contributed by atoms with Crippen LogP contribution in [0.5, 0.6) is 5.75 Å². The monoisotopic (exact) mass is 373 g/mol. The van der Waals surface area contributed by atoms with Gasteiger partial charge in [0.1, 0.15) is 5.75 Å². The number of rotatable bonds is 8. The molecule has 3 aromatic rings. The molecule has 0 fully saturated rings. The first kappa shape index (κ1) is 19.4. The van der Waals surface area contributed by atoms with Crippen molar-refractivity contribution in [2.24, 2.45) is 0 Å². The van der Waals surface area contributed by atoms with Crippen LogP contribution in [0.2, 0.25) is 0 Å². The van der Waals surface area contributed by atoms with Gasteiger partial charge in [0.15, 0.2) is 12.4 Å². The second kappa shape index (κ2) is 9.51. The van der Waals surface area contributed by atoms with Gasteiger partial charge in [-0.05, 0) is 42.0 Å². The molecule has 0 N–H and O–H groups in total. The maximum Gasteiger partial charge on any atom is 0.265 e. The van der Waals surface area contributed by atoms with Crippen LogP contribution in [-0.2, 0) is 11.3 Å². The van der Waals surface area contributed by atoms with E-state index in [2.05, 4.69) is 0 Å². The van der Waals surface area contributed by atoms with Gasteiger partial charge in [-0.3, -0.25) is 9.59 Å². The van der Waals surface area contributed by atoms with Gasteiger partial charge in [0, 0.05) is 17.7 Å². The van der Waals surface area contributed by atoms with Gasteiger partial charge in [-0.15, -0.1) is 0 Å². The Labute approximate surface area is 165 Å². The number of nitrogens with zero attached hydrogens (tertiary/aromatic N) is 1. The lowest BCUT2D eigenvalue weighted by Gasteiger charge is -2.23. The number of carbonyl (C=O) groups excluding carboxylic acids is 2. The quantitative estimate of drug-likeness (QED) is 0.528. The first-order valence-corrected chi connectivity index (χ1v) is 9.32. The molecule has 4 nitrogen and oxygen atoms in total. The largest absolute Gasteiger partial charge is 0.484 e. The van der Waals surface area contributed by atoms with Crippen LogP contribution in [0.15, 0.2) is 84.9 Å². The fourth-order valence-corrected chi connectivity index (χ4v) is 2.86. The Bertz CT molecular complexity index is 906. The summed E-state index contributed by atoms with van der Waals surface area (Å²) in [7, 11) is 0. The lowest BCUT2D eigenvalue weighted by atomic mass is 10.1. The summed E-state index contributed by atoms with van der Waals surface area (Å²) < 4.78 is 5.67. The molecule has 142 valence electrons. The van der Waals surface area contributed by atoms with Crippen LogP contribution in [0.1, 0.15) is 29.3 Å². The molecule has 0 aromatic heterocycles.